The van der Waals surface area contributed by atoms with E-state index in [0.29, 0.717) is 0 Å². The van der Waals surface area contributed by atoms with Gasteiger partial charge in [-0.25, -0.2) is 0 Å². The molecule has 0 fully saturated rings. The fraction of sp³-hybridized carbons (Fsp3) is 0.636. The maximum absolute atomic E-state index is 6.04. The predicted molar refractivity (Wildman–Crippen MR) is 54.6 cm³/mol. The van der Waals surface area contributed by atoms with Gasteiger partial charge in [0.15, 0.2) is 0 Å². The van der Waals surface area contributed by atoms with Gasteiger partial charge in [-0.1, -0.05) is 19.8 Å². The molecule has 2 nitrogen and oxygen atoms in total. The van der Waals surface area contributed by atoms with Crippen LogP contribution in [0.4, 0.5) is 0 Å². The van der Waals surface area contributed by atoms with Crippen LogP contribution in [0, 0.1) is 13.8 Å². The van der Waals surface area contributed by atoms with Crippen LogP contribution in [0.25, 0.3) is 0 Å². The van der Waals surface area contributed by atoms with Crippen molar-refractivity contribution in [1.82, 2.24) is 0 Å². The molecule has 2 N–H and O–H groups in total. The van der Waals surface area contributed by atoms with Crippen molar-refractivity contribution in [2.75, 3.05) is 0 Å². The van der Waals surface area contributed by atoms with Crippen LogP contribution in [0.2, 0.25) is 0 Å². The molecular formula is C11H19NO. The van der Waals surface area contributed by atoms with Crippen molar-refractivity contribution in [1.29, 1.82) is 0 Å². The maximum Gasteiger partial charge on any atom is 0.105 e. The molecule has 0 spiro atoms. The topological polar surface area (TPSA) is 39.2 Å². The third kappa shape index (κ3) is 2.59. The summed E-state index contributed by atoms with van der Waals surface area (Å²) in [5, 5.41) is 0. The summed E-state index contributed by atoms with van der Waals surface area (Å²) in [6.45, 7) is 6.12. The summed E-state index contributed by atoms with van der Waals surface area (Å²) < 4.78 is 5.44. The third-order valence-corrected chi connectivity index (χ3v) is 2.35. The monoisotopic (exact) mass is 181 g/mol. The summed E-state index contributed by atoms with van der Waals surface area (Å²) in [6, 6.07) is 2.20. The first-order chi connectivity index (χ1) is 6.15. The molecule has 0 saturated heterocycles. The lowest BCUT2D eigenvalue weighted by atomic mass is 10.0. The Balaban J connectivity index is 2.64. The van der Waals surface area contributed by atoms with Crippen molar-refractivity contribution in [2.45, 2.75) is 46.1 Å². The summed E-state index contributed by atoms with van der Waals surface area (Å²) in [7, 11) is 0. The Labute approximate surface area is 80.1 Å². The van der Waals surface area contributed by atoms with Crippen molar-refractivity contribution in [3.05, 3.63) is 23.2 Å². The van der Waals surface area contributed by atoms with Crippen LogP contribution in [0.5, 0.6) is 0 Å². The molecular weight excluding hydrogens is 162 g/mol. The Kier molecular flexibility index (Phi) is 3.55. The molecule has 0 unspecified atom stereocenters. The van der Waals surface area contributed by atoms with Crippen molar-refractivity contribution in [3.8, 4) is 0 Å². The molecule has 1 rings (SSSR count). The van der Waals surface area contributed by atoms with E-state index < -0.39 is 0 Å². The third-order valence-electron chi connectivity index (χ3n) is 2.35. The van der Waals surface area contributed by atoms with E-state index in [1.807, 2.05) is 13.8 Å². The SMILES string of the molecule is CCCC[C@@H](N)c1cc(C)oc1C. The summed E-state index contributed by atoms with van der Waals surface area (Å²) in [6.07, 6.45) is 3.44. The average Bonchev–Trinajstić information content (AvgIpc) is 2.41. The standard InChI is InChI=1S/C11H19NO/c1-4-5-6-11(12)10-7-8(2)13-9(10)3/h7,11H,4-6,12H2,1-3H3/t11-/m1/s1. The summed E-state index contributed by atoms with van der Waals surface area (Å²) in [5.41, 5.74) is 7.21. The molecule has 0 aliphatic carbocycles. The molecule has 0 radical (unpaired) electrons. The largest absolute Gasteiger partial charge is 0.466 e. The van der Waals surface area contributed by atoms with E-state index >= 15 is 0 Å². The molecule has 0 amide bonds. The summed E-state index contributed by atoms with van der Waals surface area (Å²) >= 11 is 0. The normalized spacial score (nSPS) is 13.2. The minimum absolute atomic E-state index is 0.150. The Morgan fingerprint density at radius 3 is 2.62 bits per heavy atom. The molecule has 1 heterocycles. The molecule has 0 saturated carbocycles. The molecule has 1 aromatic heterocycles. The van der Waals surface area contributed by atoms with Crippen LogP contribution < -0.4 is 5.73 Å². The van der Waals surface area contributed by atoms with E-state index in [-0.39, 0.29) is 6.04 Å². The van der Waals surface area contributed by atoms with Gasteiger partial charge in [0.2, 0.25) is 0 Å². The van der Waals surface area contributed by atoms with Gasteiger partial charge in [0.05, 0.1) is 0 Å². The molecule has 13 heavy (non-hydrogen) atoms. The van der Waals surface area contributed by atoms with E-state index in [9.17, 15) is 0 Å². The fourth-order valence-corrected chi connectivity index (χ4v) is 1.60. The Hall–Kier alpha value is -0.760. The van der Waals surface area contributed by atoms with Crippen LogP contribution >= 0.6 is 0 Å². The van der Waals surface area contributed by atoms with Crippen LogP contribution in [-0.4, -0.2) is 0 Å². The van der Waals surface area contributed by atoms with E-state index in [1.165, 1.54) is 18.4 Å². The van der Waals surface area contributed by atoms with Crippen molar-refractivity contribution < 1.29 is 4.42 Å². The molecule has 2 heteroatoms. The zero-order valence-corrected chi connectivity index (χ0v) is 8.76. The van der Waals surface area contributed by atoms with Crippen molar-refractivity contribution >= 4 is 0 Å². The molecule has 0 aliphatic rings. The molecule has 0 aliphatic heterocycles. The first-order valence-corrected chi connectivity index (χ1v) is 4.97. The zero-order valence-electron chi connectivity index (χ0n) is 8.76. The molecule has 74 valence electrons. The van der Waals surface area contributed by atoms with Gasteiger partial charge in [0, 0.05) is 11.6 Å². The minimum Gasteiger partial charge on any atom is -0.466 e. The van der Waals surface area contributed by atoms with Crippen molar-refractivity contribution in [2.24, 2.45) is 5.73 Å². The lowest BCUT2D eigenvalue weighted by molar-refractivity contribution is 0.493. The lowest BCUT2D eigenvalue weighted by Gasteiger charge is -2.08. The van der Waals surface area contributed by atoms with Gasteiger partial charge in [0.25, 0.3) is 0 Å². The number of unbranched alkanes of at least 4 members (excludes halogenated alkanes) is 1. The van der Waals surface area contributed by atoms with Gasteiger partial charge in [-0.05, 0) is 26.3 Å². The Morgan fingerprint density at radius 2 is 2.15 bits per heavy atom. The number of aryl methyl sites for hydroxylation is 2. The first kappa shape index (κ1) is 10.3. The molecule has 0 bridgehead atoms. The Morgan fingerprint density at radius 1 is 1.46 bits per heavy atom. The highest BCUT2D eigenvalue weighted by atomic mass is 16.3. The Bertz CT molecular complexity index is 265. The van der Waals surface area contributed by atoms with Gasteiger partial charge >= 0.3 is 0 Å². The first-order valence-electron chi connectivity index (χ1n) is 4.97. The quantitative estimate of drug-likeness (QED) is 0.775. The van der Waals surface area contributed by atoms with Crippen LogP contribution in [0.15, 0.2) is 10.5 Å². The number of hydrogen-bond donors (Lipinski definition) is 1. The van der Waals surface area contributed by atoms with Crippen LogP contribution in [0.3, 0.4) is 0 Å². The number of furan rings is 1. The van der Waals surface area contributed by atoms with Gasteiger partial charge in [-0.3, -0.25) is 0 Å². The highest BCUT2D eigenvalue weighted by molar-refractivity contribution is 5.23. The molecule has 0 aromatic carbocycles. The number of nitrogens with two attached hydrogens (primary N) is 1. The lowest BCUT2D eigenvalue weighted by Crippen LogP contribution is -2.10. The highest BCUT2D eigenvalue weighted by Gasteiger charge is 2.11. The fourth-order valence-electron chi connectivity index (χ4n) is 1.60. The molecule has 1 atom stereocenters. The van der Waals surface area contributed by atoms with E-state index in [1.54, 1.807) is 0 Å². The smallest absolute Gasteiger partial charge is 0.105 e. The van der Waals surface area contributed by atoms with Gasteiger partial charge < -0.3 is 10.2 Å². The minimum atomic E-state index is 0.150. The van der Waals surface area contributed by atoms with E-state index in [4.69, 9.17) is 10.2 Å². The number of hydrogen-bond acceptors (Lipinski definition) is 2. The zero-order chi connectivity index (χ0) is 9.84. The van der Waals surface area contributed by atoms with Gasteiger partial charge in [-0.15, -0.1) is 0 Å². The van der Waals surface area contributed by atoms with Gasteiger partial charge in [-0.2, -0.15) is 0 Å². The second-order valence-electron chi connectivity index (χ2n) is 3.62. The van der Waals surface area contributed by atoms with E-state index in [2.05, 4.69) is 13.0 Å². The van der Waals surface area contributed by atoms with Gasteiger partial charge in [0.1, 0.15) is 11.5 Å². The van der Waals surface area contributed by atoms with Crippen molar-refractivity contribution in [3.63, 3.8) is 0 Å². The number of rotatable bonds is 4. The van der Waals surface area contributed by atoms with E-state index in [0.717, 1.165) is 17.9 Å². The second-order valence-corrected chi connectivity index (χ2v) is 3.62. The maximum atomic E-state index is 6.04. The highest BCUT2D eigenvalue weighted by Crippen LogP contribution is 2.23. The average molecular weight is 181 g/mol. The predicted octanol–water partition coefficient (Wildman–Crippen LogP) is 3.09. The summed E-state index contributed by atoms with van der Waals surface area (Å²) in [5.74, 6) is 1.93. The van der Waals surface area contributed by atoms with Crippen LogP contribution in [0.1, 0.15) is 49.3 Å². The summed E-state index contributed by atoms with van der Waals surface area (Å²) in [4.78, 5) is 0. The second kappa shape index (κ2) is 4.47. The molecule has 1 aromatic rings. The van der Waals surface area contributed by atoms with Crippen LogP contribution in [-0.2, 0) is 0 Å².